The Bertz CT molecular complexity index is 284. The Hall–Kier alpha value is -1.38. The second kappa shape index (κ2) is 5.37. The van der Waals surface area contributed by atoms with Crippen LogP contribution < -0.4 is 14.2 Å². The molecule has 1 aromatic rings. The first-order chi connectivity index (χ1) is 6.90. The molecule has 3 nitrogen and oxygen atoms in total. The van der Waals surface area contributed by atoms with E-state index in [1.54, 1.807) is 0 Å². The number of hydrogen-bond acceptors (Lipinski definition) is 3. The van der Waals surface area contributed by atoms with Crippen molar-refractivity contribution >= 4 is 0 Å². The van der Waals surface area contributed by atoms with Crippen LogP contribution in [0.25, 0.3) is 0 Å². The zero-order valence-electron chi connectivity index (χ0n) is 8.87. The maximum Gasteiger partial charge on any atom is 0.231 e. The molecule has 78 valence electrons. The Morgan fingerprint density at radius 2 is 1.93 bits per heavy atom. The molecule has 0 spiro atoms. The Balaban J connectivity index is 0.000000461. The van der Waals surface area contributed by atoms with Crippen LogP contribution in [0.1, 0.15) is 20.8 Å². The summed E-state index contributed by atoms with van der Waals surface area (Å²) in [7, 11) is 0. The highest BCUT2D eigenvalue weighted by atomic mass is 16.7. The molecule has 3 heteroatoms. The van der Waals surface area contributed by atoms with Gasteiger partial charge in [-0.3, -0.25) is 0 Å². The minimum atomic E-state index is 0.310. The monoisotopic (exact) mass is 196 g/mol. The molecule has 1 heterocycles. The molecular formula is C11H16O3. The van der Waals surface area contributed by atoms with Gasteiger partial charge in [-0.15, -0.1) is 0 Å². The molecule has 1 aromatic carbocycles. The molecule has 0 N–H and O–H groups in total. The third-order valence-corrected chi connectivity index (χ3v) is 1.66. The number of ether oxygens (including phenoxy) is 3. The van der Waals surface area contributed by atoms with E-state index in [1.165, 1.54) is 0 Å². The molecule has 1 aliphatic heterocycles. The Labute approximate surface area is 84.6 Å². The fourth-order valence-corrected chi connectivity index (χ4v) is 1.13. The number of rotatable bonds is 2. The van der Waals surface area contributed by atoms with Crippen molar-refractivity contribution in [2.75, 3.05) is 13.4 Å². The maximum absolute atomic E-state index is 5.30. The third kappa shape index (κ3) is 2.31. The summed E-state index contributed by atoms with van der Waals surface area (Å²) in [6.07, 6.45) is 0. The first-order valence-corrected chi connectivity index (χ1v) is 4.92. The average molecular weight is 196 g/mol. The van der Waals surface area contributed by atoms with Gasteiger partial charge in [0.05, 0.1) is 6.61 Å². The molecule has 14 heavy (non-hydrogen) atoms. The summed E-state index contributed by atoms with van der Waals surface area (Å²) < 4.78 is 15.6. The normalized spacial score (nSPS) is 11.6. The van der Waals surface area contributed by atoms with Gasteiger partial charge in [-0.05, 0) is 19.1 Å². The van der Waals surface area contributed by atoms with Gasteiger partial charge in [-0.1, -0.05) is 13.8 Å². The maximum atomic E-state index is 5.30. The van der Waals surface area contributed by atoms with E-state index in [0.29, 0.717) is 13.4 Å². The van der Waals surface area contributed by atoms with Crippen LogP contribution in [-0.2, 0) is 0 Å². The molecule has 0 saturated carbocycles. The van der Waals surface area contributed by atoms with E-state index in [2.05, 4.69) is 0 Å². The summed E-state index contributed by atoms with van der Waals surface area (Å²) in [5.74, 6) is 2.38. The van der Waals surface area contributed by atoms with Gasteiger partial charge in [0.1, 0.15) is 5.75 Å². The van der Waals surface area contributed by atoms with Crippen molar-refractivity contribution in [1.82, 2.24) is 0 Å². The van der Waals surface area contributed by atoms with Crippen molar-refractivity contribution in [1.29, 1.82) is 0 Å². The third-order valence-electron chi connectivity index (χ3n) is 1.66. The van der Waals surface area contributed by atoms with E-state index in [4.69, 9.17) is 14.2 Å². The van der Waals surface area contributed by atoms with E-state index >= 15 is 0 Å². The number of benzene rings is 1. The molecule has 0 radical (unpaired) electrons. The minimum absolute atomic E-state index is 0.310. The second-order valence-corrected chi connectivity index (χ2v) is 2.45. The van der Waals surface area contributed by atoms with E-state index < -0.39 is 0 Å². The molecule has 0 unspecified atom stereocenters. The molecule has 1 aliphatic rings. The zero-order chi connectivity index (χ0) is 10.4. The predicted molar refractivity (Wildman–Crippen MR) is 55.1 cm³/mol. The molecule has 0 bridgehead atoms. The molecular weight excluding hydrogens is 180 g/mol. The van der Waals surface area contributed by atoms with Crippen LogP contribution in [0.15, 0.2) is 18.2 Å². The minimum Gasteiger partial charge on any atom is -0.494 e. The van der Waals surface area contributed by atoms with Crippen LogP contribution in [0, 0.1) is 0 Å². The lowest BCUT2D eigenvalue weighted by atomic mass is 10.3. The lowest BCUT2D eigenvalue weighted by Crippen LogP contribution is -1.93. The molecule has 0 amide bonds. The van der Waals surface area contributed by atoms with Crippen molar-refractivity contribution in [3.8, 4) is 17.2 Å². The van der Waals surface area contributed by atoms with Crippen molar-refractivity contribution in [3.63, 3.8) is 0 Å². The van der Waals surface area contributed by atoms with Gasteiger partial charge in [0.15, 0.2) is 11.5 Å². The first kappa shape index (κ1) is 10.7. The van der Waals surface area contributed by atoms with Crippen LogP contribution in [-0.4, -0.2) is 13.4 Å². The molecule has 2 rings (SSSR count). The highest BCUT2D eigenvalue weighted by Crippen LogP contribution is 2.34. The van der Waals surface area contributed by atoms with Crippen LogP contribution in [0.2, 0.25) is 0 Å². The zero-order valence-corrected chi connectivity index (χ0v) is 8.87. The van der Waals surface area contributed by atoms with Crippen molar-refractivity contribution in [3.05, 3.63) is 18.2 Å². The SMILES string of the molecule is CC.CCOc1ccc2c(c1)OCO2. The molecule has 0 atom stereocenters. The van der Waals surface area contributed by atoms with E-state index in [9.17, 15) is 0 Å². The summed E-state index contributed by atoms with van der Waals surface area (Å²) in [4.78, 5) is 0. The van der Waals surface area contributed by atoms with Crippen LogP contribution in [0.5, 0.6) is 17.2 Å². The van der Waals surface area contributed by atoms with Gasteiger partial charge in [0.2, 0.25) is 6.79 Å². The highest BCUT2D eigenvalue weighted by Gasteiger charge is 2.13. The largest absolute Gasteiger partial charge is 0.494 e. The summed E-state index contributed by atoms with van der Waals surface area (Å²) in [6.45, 7) is 6.93. The highest BCUT2D eigenvalue weighted by molar-refractivity contribution is 5.46. The van der Waals surface area contributed by atoms with Crippen molar-refractivity contribution in [2.45, 2.75) is 20.8 Å². The van der Waals surface area contributed by atoms with Crippen LogP contribution in [0.3, 0.4) is 0 Å². The van der Waals surface area contributed by atoms with Gasteiger partial charge in [0, 0.05) is 6.07 Å². The number of fused-ring (bicyclic) bond motifs is 1. The first-order valence-electron chi connectivity index (χ1n) is 4.92. The Morgan fingerprint density at radius 1 is 1.21 bits per heavy atom. The van der Waals surface area contributed by atoms with Gasteiger partial charge in [-0.25, -0.2) is 0 Å². The smallest absolute Gasteiger partial charge is 0.231 e. The average Bonchev–Trinajstić information content (AvgIpc) is 2.68. The standard InChI is InChI=1S/C9H10O3.C2H6/c1-2-10-7-3-4-8-9(5-7)12-6-11-8;1-2/h3-5H,2,6H2,1H3;1-2H3. The summed E-state index contributed by atoms with van der Waals surface area (Å²) in [6, 6.07) is 5.57. The molecule has 0 aliphatic carbocycles. The van der Waals surface area contributed by atoms with Crippen LogP contribution in [0.4, 0.5) is 0 Å². The van der Waals surface area contributed by atoms with Crippen LogP contribution >= 0.6 is 0 Å². The van der Waals surface area contributed by atoms with Gasteiger partial charge >= 0.3 is 0 Å². The summed E-state index contributed by atoms with van der Waals surface area (Å²) >= 11 is 0. The Kier molecular flexibility index (Phi) is 4.11. The Morgan fingerprint density at radius 3 is 2.64 bits per heavy atom. The lowest BCUT2D eigenvalue weighted by Gasteiger charge is -2.02. The number of hydrogen-bond donors (Lipinski definition) is 0. The quantitative estimate of drug-likeness (QED) is 0.728. The second-order valence-electron chi connectivity index (χ2n) is 2.45. The summed E-state index contributed by atoms with van der Waals surface area (Å²) in [5.41, 5.74) is 0. The molecule has 0 fully saturated rings. The fraction of sp³-hybridized carbons (Fsp3) is 0.455. The van der Waals surface area contributed by atoms with E-state index in [1.807, 2.05) is 39.0 Å². The molecule has 0 aromatic heterocycles. The molecule has 0 saturated heterocycles. The van der Waals surface area contributed by atoms with Crippen molar-refractivity contribution < 1.29 is 14.2 Å². The predicted octanol–water partition coefficient (Wildman–Crippen LogP) is 2.84. The van der Waals surface area contributed by atoms with E-state index in [-0.39, 0.29) is 0 Å². The van der Waals surface area contributed by atoms with Gasteiger partial charge < -0.3 is 14.2 Å². The fourth-order valence-electron chi connectivity index (χ4n) is 1.13. The van der Waals surface area contributed by atoms with Gasteiger partial charge in [-0.2, -0.15) is 0 Å². The topological polar surface area (TPSA) is 27.7 Å². The van der Waals surface area contributed by atoms with Gasteiger partial charge in [0.25, 0.3) is 0 Å². The lowest BCUT2D eigenvalue weighted by molar-refractivity contribution is 0.174. The summed E-state index contributed by atoms with van der Waals surface area (Å²) in [5, 5.41) is 0. The van der Waals surface area contributed by atoms with E-state index in [0.717, 1.165) is 17.2 Å². The van der Waals surface area contributed by atoms with Crippen molar-refractivity contribution in [2.24, 2.45) is 0 Å².